The molecule has 7 N–H and O–H groups in total. The Labute approximate surface area is 298 Å². The summed E-state index contributed by atoms with van der Waals surface area (Å²) in [5.41, 5.74) is 8.17. The third kappa shape index (κ3) is 7.09. The molecule has 0 saturated heterocycles. The molecule has 5 rings (SSSR count). The van der Waals surface area contributed by atoms with E-state index in [4.69, 9.17) is 15.1 Å². The topological polar surface area (TPSA) is 236 Å². The van der Waals surface area contributed by atoms with Crippen molar-refractivity contribution in [3.05, 3.63) is 75.4 Å². The first-order chi connectivity index (χ1) is 24.6. The van der Waals surface area contributed by atoms with Crippen LogP contribution >= 0.6 is 0 Å². The molecule has 3 aromatic heterocycles. The summed E-state index contributed by atoms with van der Waals surface area (Å²) in [6, 6.07) is 3.95. The van der Waals surface area contributed by atoms with Crippen molar-refractivity contribution in [2.24, 2.45) is 0 Å². The van der Waals surface area contributed by atoms with Crippen molar-refractivity contribution in [2.45, 2.75) is 84.6 Å². The minimum absolute atomic E-state index is 0.0415. The number of aromatic nitrogens is 4. The molecule has 2 aliphatic rings. The number of allylic oxidation sites excluding steroid dienone is 1. The summed E-state index contributed by atoms with van der Waals surface area (Å²) in [6.07, 6.45) is 0.787. The number of aromatic amines is 2. The fraction of sp³-hybridized carbons (Fsp3) is 0.342. The number of carboxylic acid groups (broad SMARTS) is 4. The summed E-state index contributed by atoms with van der Waals surface area (Å²) in [5.74, 6) is -7.21. The fourth-order valence-corrected chi connectivity index (χ4v) is 7.17. The maximum Gasteiger partial charge on any atom is 0.338 e. The monoisotopic (exact) mass is 711 g/mol. The first kappa shape index (κ1) is 37.2. The molecule has 0 aliphatic carbocycles. The van der Waals surface area contributed by atoms with E-state index in [0.29, 0.717) is 23.4 Å². The van der Waals surface area contributed by atoms with E-state index in [2.05, 4.69) is 21.9 Å². The van der Waals surface area contributed by atoms with Crippen LogP contribution in [0, 0.1) is 13.8 Å². The minimum Gasteiger partial charge on any atom is -0.481 e. The number of fused-ring (bicyclic) bond motifs is 8. The Morgan fingerprint density at radius 3 is 2.17 bits per heavy atom. The normalized spacial score (nSPS) is 16.0. The quantitative estimate of drug-likeness (QED) is 0.124. The molecule has 272 valence electrons. The van der Waals surface area contributed by atoms with E-state index in [1.165, 1.54) is 0 Å². The van der Waals surface area contributed by atoms with Gasteiger partial charge in [0.05, 0.1) is 35.5 Å². The average molecular weight is 712 g/mol. The number of nitrogens with one attached hydrogen (secondary N) is 3. The summed E-state index contributed by atoms with van der Waals surface area (Å²) in [6.45, 7) is 13.5. The molecule has 52 heavy (non-hydrogen) atoms. The number of hydrogen-bond acceptors (Lipinski definition) is 7. The van der Waals surface area contributed by atoms with Crippen LogP contribution in [-0.2, 0) is 36.8 Å². The lowest BCUT2D eigenvalue weighted by molar-refractivity contribution is -0.147. The highest BCUT2D eigenvalue weighted by Gasteiger charge is 2.36. The molecular weight excluding hydrogens is 670 g/mol. The first-order valence-electron chi connectivity index (χ1n) is 16.8. The van der Waals surface area contributed by atoms with Gasteiger partial charge in [-0.15, -0.1) is 0 Å². The third-order valence-corrected chi connectivity index (χ3v) is 9.97. The van der Waals surface area contributed by atoms with Crippen molar-refractivity contribution >= 4 is 69.1 Å². The van der Waals surface area contributed by atoms with Crippen LogP contribution in [-0.4, -0.2) is 76.2 Å². The lowest BCUT2D eigenvalue weighted by Gasteiger charge is -2.19. The second-order valence-electron chi connectivity index (χ2n) is 13.1. The number of aryl methyl sites for hydroxylation is 3. The van der Waals surface area contributed by atoms with Crippen molar-refractivity contribution in [3.63, 3.8) is 0 Å². The minimum atomic E-state index is -1.65. The Hall–Kier alpha value is -6.05. The number of carbonyl (C=O) groups excluding carboxylic acids is 1. The van der Waals surface area contributed by atoms with Gasteiger partial charge in [0.2, 0.25) is 5.91 Å². The predicted molar refractivity (Wildman–Crippen MR) is 194 cm³/mol. The fourth-order valence-electron chi connectivity index (χ4n) is 7.17. The zero-order chi connectivity index (χ0) is 38.2. The van der Waals surface area contributed by atoms with Gasteiger partial charge in [0.15, 0.2) is 0 Å². The molecule has 8 bridgehead atoms. The van der Waals surface area contributed by atoms with Gasteiger partial charge in [0, 0.05) is 57.1 Å². The van der Waals surface area contributed by atoms with Crippen LogP contribution in [0.2, 0.25) is 0 Å². The molecule has 14 heteroatoms. The molecule has 5 heterocycles. The average Bonchev–Trinajstić information content (AvgIpc) is 3.74. The molecule has 0 saturated carbocycles. The smallest absolute Gasteiger partial charge is 0.338 e. The van der Waals surface area contributed by atoms with Crippen LogP contribution in [0.1, 0.15) is 102 Å². The summed E-state index contributed by atoms with van der Waals surface area (Å²) in [4.78, 5) is 77.8. The SMILES string of the molecule is C=Cc1c(C)c2cc3nc(c(CC(=O)O)c4nc(cc5[nH]c(cc1[nH]2)c(C)c5CC)C(C)=C4C(=O)O)C(CCC(=O)NC(CC(=O)O)C(=O)O)C3C. The van der Waals surface area contributed by atoms with Crippen LogP contribution in [0.25, 0.3) is 39.3 Å². The first-order valence-corrected chi connectivity index (χ1v) is 16.8. The molecule has 0 aromatic carbocycles. The zero-order valence-electron chi connectivity index (χ0n) is 29.5. The summed E-state index contributed by atoms with van der Waals surface area (Å²) in [7, 11) is 0. The maximum absolute atomic E-state index is 13.0. The molecule has 2 aliphatic heterocycles. The maximum atomic E-state index is 13.0. The summed E-state index contributed by atoms with van der Waals surface area (Å²) < 4.78 is 0. The van der Waals surface area contributed by atoms with Crippen LogP contribution in [0.5, 0.6) is 0 Å². The summed E-state index contributed by atoms with van der Waals surface area (Å²) in [5, 5.41) is 41.4. The predicted octanol–water partition coefficient (Wildman–Crippen LogP) is 5.49. The zero-order valence-corrected chi connectivity index (χ0v) is 29.5. The molecule has 1 amide bonds. The van der Waals surface area contributed by atoms with Gasteiger partial charge in [-0.25, -0.2) is 14.6 Å². The van der Waals surface area contributed by atoms with E-state index in [-0.39, 0.29) is 35.4 Å². The van der Waals surface area contributed by atoms with Crippen LogP contribution in [0.15, 0.2) is 24.8 Å². The molecule has 0 fully saturated rings. The second-order valence-corrected chi connectivity index (χ2v) is 13.1. The van der Waals surface area contributed by atoms with E-state index in [9.17, 15) is 39.3 Å². The van der Waals surface area contributed by atoms with E-state index in [1.54, 1.807) is 19.1 Å². The van der Waals surface area contributed by atoms with Gasteiger partial charge in [-0.1, -0.05) is 26.5 Å². The van der Waals surface area contributed by atoms with Crippen LogP contribution in [0.3, 0.4) is 0 Å². The van der Waals surface area contributed by atoms with Gasteiger partial charge in [0.1, 0.15) is 6.04 Å². The highest BCUT2D eigenvalue weighted by atomic mass is 16.4. The van der Waals surface area contributed by atoms with Gasteiger partial charge in [-0.05, 0) is 74.1 Å². The van der Waals surface area contributed by atoms with Crippen LogP contribution in [0.4, 0.5) is 0 Å². The highest BCUT2D eigenvalue weighted by molar-refractivity contribution is 6.24. The number of aliphatic carboxylic acids is 4. The Morgan fingerprint density at radius 1 is 0.904 bits per heavy atom. The van der Waals surface area contributed by atoms with Crippen LogP contribution < -0.4 is 5.32 Å². The lowest BCUT2D eigenvalue weighted by Crippen LogP contribution is -2.42. The molecule has 3 atom stereocenters. The second kappa shape index (κ2) is 14.7. The molecule has 0 radical (unpaired) electrons. The molecule has 0 spiro atoms. The van der Waals surface area contributed by atoms with E-state index in [1.807, 2.05) is 39.8 Å². The van der Waals surface area contributed by atoms with Gasteiger partial charge >= 0.3 is 23.9 Å². The molecular formula is C38H41N5O9. The standard InChI is InChI=1S/C38H41N5O9/c1-7-20-16(3)24-12-26-18(5)22(9-10-31(44)41-30(37(49)50)15-33(47)48)35(42-26)23(11-32(45)46)36-34(38(51)52)19(6)27(43-36)14-29-21(8-2)17(4)25(40-29)13-28(20)39-24/h7,12-14,18,22,30,39-40H,1,8-11,15H2,2-6H3,(H,41,44)(H,45,46)(H,47,48)(H,49,50)(H,51,52). The number of carboxylic acids is 4. The number of hydrogen-bond donors (Lipinski definition) is 7. The Balaban J connectivity index is 1.84. The van der Waals surface area contributed by atoms with E-state index in [0.717, 1.165) is 44.3 Å². The third-order valence-electron chi connectivity index (χ3n) is 9.97. The van der Waals surface area contributed by atoms with Gasteiger partial charge < -0.3 is 35.7 Å². The number of amides is 1. The van der Waals surface area contributed by atoms with Crippen molar-refractivity contribution in [2.75, 3.05) is 0 Å². The van der Waals surface area contributed by atoms with Gasteiger partial charge in [0.25, 0.3) is 0 Å². The van der Waals surface area contributed by atoms with E-state index < -0.39 is 60.5 Å². The van der Waals surface area contributed by atoms with Gasteiger partial charge in [-0.2, -0.15) is 0 Å². The largest absolute Gasteiger partial charge is 0.481 e. The van der Waals surface area contributed by atoms with Crippen molar-refractivity contribution in [3.8, 4) is 0 Å². The molecule has 3 unspecified atom stereocenters. The number of rotatable bonds is 12. The number of nitrogens with zero attached hydrogens (tertiary/aromatic N) is 2. The number of H-pyrrole nitrogens is 2. The molecule has 3 aromatic rings. The van der Waals surface area contributed by atoms with Crippen molar-refractivity contribution in [1.29, 1.82) is 0 Å². The molecule has 14 nitrogen and oxygen atoms in total. The lowest BCUT2D eigenvalue weighted by atomic mass is 9.84. The van der Waals surface area contributed by atoms with E-state index >= 15 is 0 Å². The summed E-state index contributed by atoms with van der Waals surface area (Å²) >= 11 is 0. The highest BCUT2D eigenvalue weighted by Crippen LogP contribution is 2.43. The van der Waals surface area contributed by atoms with Crippen molar-refractivity contribution in [1.82, 2.24) is 25.3 Å². The van der Waals surface area contributed by atoms with Crippen molar-refractivity contribution < 1.29 is 44.4 Å². The Morgan fingerprint density at radius 2 is 1.58 bits per heavy atom. The Kier molecular flexibility index (Phi) is 10.5. The number of carbonyl (C=O) groups is 5. The Bertz CT molecular complexity index is 2240. The van der Waals surface area contributed by atoms with Gasteiger partial charge in [-0.3, -0.25) is 19.4 Å².